The Kier molecular flexibility index (Phi) is 5.44. The van der Waals surface area contributed by atoms with Gasteiger partial charge in [0.2, 0.25) is 5.91 Å². The second-order valence-corrected chi connectivity index (χ2v) is 5.65. The lowest BCUT2D eigenvalue weighted by molar-refractivity contribution is 0.0999. The van der Waals surface area contributed by atoms with Crippen LogP contribution in [0.25, 0.3) is 0 Å². The highest BCUT2D eigenvalue weighted by Crippen LogP contribution is 2.37. The first-order chi connectivity index (χ1) is 10.5. The van der Waals surface area contributed by atoms with Crippen LogP contribution in [-0.2, 0) is 6.61 Å². The molecule has 2 N–H and O–H groups in total. The second kappa shape index (κ2) is 7.31. The highest BCUT2D eigenvalue weighted by molar-refractivity contribution is 9.10. The van der Waals surface area contributed by atoms with Crippen molar-refractivity contribution in [2.75, 3.05) is 6.61 Å². The maximum Gasteiger partial charge on any atom is 0.248 e. The van der Waals surface area contributed by atoms with E-state index in [9.17, 15) is 4.79 Å². The van der Waals surface area contributed by atoms with Gasteiger partial charge in [-0.3, -0.25) is 4.79 Å². The number of hydrogen-bond donors (Lipinski definition) is 1. The third kappa shape index (κ3) is 3.80. The Hall–Kier alpha value is -2.01. The van der Waals surface area contributed by atoms with Crippen LogP contribution < -0.4 is 15.2 Å². The summed E-state index contributed by atoms with van der Waals surface area (Å²) in [6.07, 6.45) is 0. The fraction of sp³-hybridized carbons (Fsp3) is 0.235. The van der Waals surface area contributed by atoms with Gasteiger partial charge in [-0.25, -0.2) is 0 Å². The molecule has 2 rings (SSSR count). The molecule has 0 saturated heterocycles. The normalized spacial score (nSPS) is 10.3. The van der Waals surface area contributed by atoms with Crippen molar-refractivity contribution in [3.05, 3.63) is 57.6 Å². The van der Waals surface area contributed by atoms with Gasteiger partial charge in [0, 0.05) is 5.56 Å². The van der Waals surface area contributed by atoms with Crippen molar-refractivity contribution in [1.29, 1.82) is 0 Å². The average Bonchev–Trinajstić information content (AvgIpc) is 2.48. The quantitative estimate of drug-likeness (QED) is 0.847. The van der Waals surface area contributed by atoms with E-state index in [1.165, 1.54) is 0 Å². The number of carbonyl (C=O) groups excluding carboxylic acids is 1. The number of rotatable bonds is 6. The number of hydrogen-bond acceptors (Lipinski definition) is 3. The molecule has 0 aliphatic carbocycles. The van der Waals surface area contributed by atoms with Gasteiger partial charge in [0.25, 0.3) is 0 Å². The smallest absolute Gasteiger partial charge is 0.248 e. The Morgan fingerprint density at radius 2 is 1.95 bits per heavy atom. The summed E-state index contributed by atoms with van der Waals surface area (Å²) >= 11 is 3.42. The van der Waals surface area contributed by atoms with E-state index >= 15 is 0 Å². The van der Waals surface area contributed by atoms with E-state index in [0.29, 0.717) is 34.7 Å². The van der Waals surface area contributed by atoms with Crippen molar-refractivity contribution >= 4 is 21.8 Å². The maximum absolute atomic E-state index is 11.3. The van der Waals surface area contributed by atoms with Crippen LogP contribution >= 0.6 is 15.9 Å². The molecule has 0 bridgehead atoms. The number of benzene rings is 2. The molecule has 116 valence electrons. The Labute approximate surface area is 138 Å². The molecule has 2 aromatic rings. The third-order valence-electron chi connectivity index (χ3n) is 3.23. The number of aryl methyl sites for hydroxylation is 1. The fourth-order valence-corrected chi connectivity index (χ4v) is 2.59. The standard InChI is InChI=1S/C17H18BrNO3/c1-3-21-15-9-13(17(19)20)8-14(18)16(15)22-10-12-7-5-4-6-11(12)2/h4-9H,3,10H2,1-2H3,(H2,19,20). The second-order valence-electron chi connectivity index (χ2n) is 4.80. The molecular formula is C17H18BrNO3. The molecule has 0 aliphatic rings. The van der Waals surface area contributed by atoms with Crippen molar-refractivity contribution in [2.45, 2.75) is 20.5 Å². The van der Waals surface area contributed by atoms with Crippen LogP contribution in [0.15, 0.2) is 40.9 Å². The number of nitrogens with two attached hydrogens (primary N) is 1. The lowest BCUT2D eigenvalue weighted by Crippen LogP contribution is -2.12. The molecule has 4 nitrogen and oxygen atoms in total. The lowest BCUT2D eigenvalue weighted by atomic mass is 10.1. The minimum atomic E-state index is -0.507. The SMILES string of the molecule is CCOc1cc(C(N)=O)cc(Br)c1OCc1ccccc1C. The molecule has 0 spiro atoms. The Balaban J connectivity index is 2.29. The van der Waals surface area contributed by atoms with Crippen LogP contribution in [0.3, 0.4) is 0 Å². The zero-order chi connectivity index (χ0) is 16.1. The van der Waals surface area contributed by atoms with Crippen LogP contribution in [0.1, 0.15) is 28.4 Å². The van der Waals surface area contributed by atoms with Gasteiger partial charge < -0.3 is 15.2 Å². The molecule has 0 heterocycles. The van der Waals surface area contributed by atoms with Crippen LogP contribution in [0.2, 0.25) is 0 Å². The number of amides is 1. The van der Waals surface area contributed by atoms with Crippen molar-refractivity contribution in [3.63, 3.8) is 0 Å². The van der Waals surface area contributed by atoms with E-state index in [1.807, 2.05) is 38.1 Å². The molecular weight excluding hydrogens is 346 g/mol. The van der Waals surface area contributed by atoms with Gasteiger partial charge in [-0.05, 0) is 53.0 Å². The number of halogens is 1. The highest BCUT2D eigenvalue weighted by atomic mass is 79.9. The van der Waals surface area contributed by atoms with E-state index in [2.05, 4.69) is 15.9 Å². The van der Waals surface area contributed by atoms with Crippen molar-refractivity contribution in [2.24, 2.45) is 5.73 Å². The first kappa shape index (κ1) is 16.4. The molecule has 0 aromatic heterocycles. The molecule has 22 heavy (non-hydrogen) atoms. The Bertz CT molecular complexity index is 686. The molecule has 0 unspecified atom stereocenters. The number of ether oxygens (including phenoxy) is 2. The minimum Gasteiger partial charge on any atom is -0.490 e. The third-order valence-corrected chi connectivity index (χ3v) is 3.82. The topological polar surface area (TPSA) is 61.5 Å². The van der Waals surface area contributed by atoms with Gasteiger partial charge >= 0.3 is 0 Å². The fourth-order valence-electron chi connectivity index (χ4n) is 2.04. The van der Waals surface area contributed by atoms with Gasteiger partial charge in [-0.2, -0.15) is 0 Å². The van der Waals surface area contributed by atoms with Crippen molar-refractivity contribution in [1.82, 2.24) is 0 Å². The van der Waals surface area contributed by atoms with Crippen LogP contribution in [0.4, 0.5) is 0 Å². The van der Waals surface area contributed by atoms with Crippen molar-refractivity contribution < 1.29 is 14.3 Å². The molecule has 2 aromatic carbocycles. The van der Waals surface area contributed by atoms with Gasteiger partial charge in [-0.15, -0.1) is 0 Å². The van der Waals surface area contributed by atoms with Gasteiger partial charge in [0.05, 0.1) is 11.1 Å². The highest BCUT2D eigenvalue weighted by Gasteiger charge is 2.15. The Morgan fingerprint density at radius 1 is 1.23 bits per heavy atom. The maximum atomic E-state index is 11.3. The lowest BCUT2D eigenvalue weighted by Gasteiger charge is -2.15. The van der Waals surface area contributed by atoms with Gasteiger partial charge in [-0.1, -0.05) is 24.3 Å². The number of carbonyl (C=O) groups is 1. The number of primary amides is 1. The summed E-state index contributed by atoms with van der Waals surface area (Å²) in [7, 11) is 0. The molecule has 0 fully saturated rings. The van der Waals surface area contributed by atoms with Gasteiger partial charge in [0.15, 0.2) is 11.5 Å². The van der Waals surface area contributed by atoms with Crippen molar-refractivity contribution in [3.8, 4) is 11.5 Å². The van der Waals surface area contributed by atoms with E-state index in [4.69, 9.17) is 15.2 Å². The zero-order valence-electron chi connectivity index (χ0n) is 12.6. The summed E-state index contributed by atoms with van der Waals surface area (Å²) in [5.74, 6) is 0.557. The summed E-state index contributed by atoms with van der Waals surface area (Å²) in [4.78, 5) is 11.3. The molecule has 5 heteroatoms. The van der Waals surface area contributed by atoms with E-state index < -0.39 is 5.91 Å². The molecule has 0 atom stereocenters. The molecule has 0 radical (unpaired) electrons. The zero-order valence-corrected chi connectivity index (χ0v) is 14.1. The summed E-state index contributed by atoms with van der Waals surface area (Å²) in [5, 5.41) is 0. The van der Waals surface area contributed by atoms with Gasteiger partial charge in [0.1, 0.15) is 6.61 Å². The monoisotopic (exact) mass is 363 g/mol. The summed E-state index contributed by atoms with van der Waals surface area (Å²) in [5.41, 5.74) is 7.95. The molecule has 0 aliphatic heterocycles. The van der Waals surface area contributed by atoms with E-state index in [-0.39, 0.29) is 0 Å². The average molecular weight is 364 g/mol. The Morgan fingerprint density at radius 3 is 2.59 bits per heavy atom. The van der Waals surface area contributed by atoms with E-state index in [0.717, 1.165) is 11.1 Å². The van der Waals surface area contributed by atoms with Crippen LogP contribution in [0.5, 0.6) is 11.5 Å². The molecule has 1 amide bonds. The van der Waals surface area contributed by atoms with E-state index in [1.54, 1.807) is 12.1 Å². The first-order valence-electron chi connectivity index (χ1n) is 6.96. The van der Waals surface area contributed by atoms with Crippen LogP contribution in [-0.4, -0.2) is 12.5 Å². The largest absolute Gasteiger partial charge is 0.490 e. The predicted octanol–water partition coefficient (Wildman–Crippen LogP) is 3.83. The molecule has 0 saturated carbocycles. The summed E-state index contributed by atoms with van der Waals surface area (Å²) in [6.45, 7) is 4.79. The minimum absolute atomic E-state index is 0.374. The summed E-state index contributed by atoms with van der Waals surface area (Å²) < 4.78 is 12.1. The first-order valence-corrected chi connectivity index (χ1v) is 7.75. The predicted molar refractivity (Wildman–Crippen MR) is 89.3 cm³/mol. The summed E-state index contributed by atoms with van der Waals surface area (Å²) in [6, 6.07) is 11.2. The van der Waals surface area contributed by atoms with Crippen LogP contribution in [0, 0.1) is 6.92 Å².